The fourth-order valence-electron chi connectivity index (χ4n) is 5.95. The van der Waals surface area contributed by atoms with Crippen LogP contribution in [0.3, 0.4) is 0 Å². The van der Waals surface area contributed by atoms with E-state index in [-0.39, 0.29) is 24.2 Å². The summed E-state index contributed by atoms with van der Waals surface area (Å²) >= 11 is -2.87. The predicted molar refractivity (Wildman–Crippen MR) is 181 cm³/mol. The molecule has 0 amide bonds. The zero-order valence-corrected chi connectivity index (χ0v) is 31.1. The number of benzene rings is 1. The first-order chi connectivity index (χ1) is 21.9. The Hall–Kier alpha value is -2.99. The molecule has 0 saturated carbocycles. The Bertz CT molecular complexity index is 1470. The number of carbonyl (C=O) groups excluding carboxylic acids is 3. The molecule has 3 rings (SSSR count). The van der Waals surface area contributed by atoms with Gasteiger partial charge in [0, 0.05) is 0 Å². The van der Waals surface area contributed by atoms with Crippen molar-refractivity contribution in [3.05, 3.63) is 72.1 Å². The van der Waals surface area contributed by atoms with Gasteiger partial charge in [-0.3, -0.25) is 0 Å². The number of ether oxygens (including phenoxy) is 3. The molecule has 0 radical (unpaired) electrons. The van der Waals surface area contributed by atoms with E-state index in [1.165, 1.54) is 37.9 Å². The van der Waals surface area contributed by atoms with Gasteiger partial charge in [0.25, 0.3) is 0 Å². The van der Waals surface area contributed by atoms with Crippen molar-refractivity contribution in [2.24, 2.45) is 0 Å². The second kappa shape index (κ2) is 17.8. The number of aromatic nitrogens is 2. The maximum absolute atomic E-state index is 14.0. The summed E-state index contributed by atoms with van der Waals surface area (Å²) in [5.74, 6) is -1.81. The number of rotatable bonds is 16. The zero-order valence-electron chi connectivity index (χ0n) is 28.2. The van der Waals surface area contributed by atoms with Gasteiger partial charge < -0.3 is 0 Å². The first-order valence-electron chi connectivity index (χ1n) is 16.6. The van der Waals surface area contributed by atoms with Crippen LogP contribution in [0, 0.1) is 6.92 Å². The van der Waals surface area contributed by atoms with Crippen molar-refractivity contribution in [3.8, 4) is 0 Å². The van der Waals surface area contributed by atoms with Crippen molar-refractivity contribution >= 4 is 42.3 Å². The van der Waals surface area contributed by atoms with Crippen molar-refractivity contribution in [3.63, 3.8) is 0 Å². The van der Waals surface area contributed by atoms with E-state index < -0.39 is 65.9 Å². The van der Waals surface area contributed by atoms with Crippen LogP contribution in [0.5, 0.6) is 0 Å². The number of unbranched alkanes of at least 4 members (excludes halogenated alkanes) is 3. The molecule has 1 fully saturated rings. The number of hydrogen-bond acceptors (Lipinski definition) is 8. The third kappa shape index (κ3) is 10.0. The third-order valence-corrected chi connectivity index (χ3v) is 22.6. The minimum absolute atomic E-state index is 0.0676. The molecule has 0 bridgehead atoms. The number of nitrogens with zero attached hydrogens (tertiary/aromatic N) is 2. The number of carbonyl (C=O) groups is 3. The molecule has 0 N–H and O–H groups in total. The SMILES string of the molecule is CCC[CH2][Sn](/[CH]=C/c1cn([C@H]2C[C@H](OC(C)=O)[C@@H](COC(C)=O)O2)c(=O)n(C(=O)c2ccc(C)cc2)c1=O)([CH2]CCC)[CH2]CCC. The van der Waals surface area contributed by atoms with Crippen molar-refractivity contribution in [2.45, 2.75) is 118 Å². The molecule has 2 heterocycles. The van der Waals surface area contributed by atoms with Gasteiger partial charge in [0.05, 0.1) is 0 Å². The van der Waals surface area contributed by atoms with Gasteiger partial charge in [-0.15, -0.1) is 0 Å². The summed E-state index contributed by atoms with van der Waals surface area (Å²) in [4.78, 5) is 65.1. The maximum atomic E-state index is 14.0. The van der Waals surface area contributed by atoms with Crippen LogP contribution in [0.4, 0.5) is 0 Å². The third-order valence-electron chi connectivity index (χ3n) is 8.60. The Morgan fingerprint density at radius 1 is 0.935 bits per heavy atom. The minimum atomic E-state index is -2.87. The molecule has 252 valence electrons. The van der Waals surface area contributed by atoms with E-state index in [1.807, 2.05) is 13.0 Å². The van der Waals surface area contributed by atoms with Gasteiger partial charge in [0.15, 0.2) is 0 Å². The Morgan fingerprint density at radius 2 is 1.52 bits per heavy atom. The summed E-state index contributed by atoms with van der Waals surface area (Å²) in [5.41, 5.74) is -0.178. The topological polar surface area (TPSA) is 123 Å². The molecule has 1 aliphatic heterocycles. The standard InChI is InChI=1S/C23H23N2O8.3C4H9.Sn/c1-5-16-11-24(20-10-18(32-15(4)27)19(33-20)12-31-14(3)26)23(30)25(21(16)28)22(29)17-8-6-13(2)7-9-17;3*1-3-4-2;/h1,5-9,11,18-20H,10,12H2,2-4H3;3*1,3-4H2,2H3;/t18-,19+,20+;;;;/m0..../s1. The summed E-state index contributed by atoms with van der Waals surface area (Å²) in [6, 6.07) is 6.69. The molecule has 11 heteroatoms. The Kier molecular flexibility index (Phi) is 14.5. The molecule has 0 spiro atoms. The molecule has 1 saturated heterocycles. The van der Waals surface area contributed by atoms with Crippen molar-refractivity contribution < 1.29 is 28.6 Å². The van der Waals surface area contributed by atoms with Crippen LogP contribution in [-0.4, -0.2) is 64.2 Å². The Morgan fingerprint density at radius 3 is 2.04 bits per heavy atom. The van der Waals surface area contributed by atoms with Crippen molar-refractivity contribution in [2.75, 3.05) is 6.61 Å². The van der Waals surface area contributed by atoms with Crippen molar-refractivity contribution in [1.82, 2.24) is 9.13 Å². The average Bonchev–Trinajstić information content (AvgIpc) is 3.41. The molecule has 1 aromatic heterocycles. The van der Waals surface area contributed by atoms with Gasteiger partial charge in [-0.25, -0.2) is 0 Å². The summed E-state index contributed by atoms with van der Waals surface area (Å²) in [5, 5.41) is 0. The molecule has 46 heavy (non-hydrogen) atoms. The Balaban J connectivity index is 2.19. The molecule has 3 atom stereocenters. The molecule has 0 aliphatic carbocycles. The molecular weight excluding hydrogens is 695 g/mol. The van der Waals surface area contributed by atoms with Gasteiger partial charge in [-0.2, -0.15) is 0 Å². The van der Waals surface area contributed by atoms with E-state index in [4.69, 9.17) is 14.2 Å². The van der Waals surface area contributed by atoms with Crippen molar-refractivity contribution in [1.29, 1.82) is 0 Å². The van der Waals surface area contributed by atoms with E-state index in [0.29, 0.717) is 4.57 Å². The summed E-state index contributed by atoms with van der Waals surface area (Å²) in [6.07, 6.45) is 7.48. The van der Waals surface area contributed by atoms with Gasteiger partial charge in [-0.05, 0) is 0 Å². The average molecular weight is 746 g/mol. The zero-order chi connectivity index (χ0) is 33.9. The summed E-state index contributed by atoms with van der Waals surface area (Å²) in [7, 11) is 0. The van der Waals surface area contributed by atoms with Crippen LogP contribution in [0.1, 0.15) is 107 Å². The molecule has 0 unspecified atom stereocenters. The van der Waals surface area contributed by atoms with E-state index in [0.717, 1.165) is 44.1 Å². The van der Waals surface area contributed by atoms with Gasteiger partial charge in [-0.1, -0.05) is 0 Å². The van der Waals surface area contributed by atoms with Crippen LogP contribution in [0.15, 0.2) is 44.1 Å². The number of esters is 2. The fraction of sp³-hybridized carbons (Fsp3) is 0.571. The quantitative estimate of drug-likeness (QED) is 0.147. The molecule has 1 aromatic carbocycles. The van der Waals surface area contributed by atoms with E-state index in [1.54, 1.807) is 24.3 Å². The van der Waals surface area contributed by atoms with E-state index >= 15 is 0 Å². The molecule has 10 nitrogen and oxygen atoms in total. The Labute approximate surface area is 276 Å². The first-order valence-corrected chi connectivity index (χ1v) is 24.3. The summed E-state index contributed by atoms with van der Waals surface area (Å²) in [6.45, 7) is 10.8. The monoisotopic (exact) mass is 746 g/mol. The van der Waals surface area contributed by atoms with Crippen LogP contribution >= 0.6 is 0 Å². The predicted octanol–water partition coefficient (Wildman–Crippen LogP) is 6.19. The second-order valence-electron chi connectivity index (χ2n) is 12.4. The van der Waals surface area contributed by atoms with Gasteiger partial charge in [0.1, 0.15) is 0 Å². The van der Waals surface area contributed by atoms with Crippen LogP contribution in [-0.2, 0) is 23.8 Å². The first kappa shape index (κ1) is 37.5. The second-order valence-corrected chi connectivity index (χ2v) is 25.4. The number of hydrogen-bond donors (Lipinski definition) is 0. The van der Waals surface area contributed by atoms with E-state index in [9.17, 15) is 24.0 Å². The molecular formula is C35H50N2O8Sn. The van der Waals surface area contributed by atoms with E-state index in [2.05, 4.69) is 24.9 Å². The van der Waals surface area contributed by atoms with Crippen LogP contribution < -0.4 is 11.2 Å². The van der Waals surface area contributed by atoms with Crippen LogP contribution in [0.2, 0.25) is 13.3 Å². The number of aryl methyl sites for hydroxylation is 1. The van der Waals surface area contributed by atoms with Gasteiger partial charge in [0.2, 0.25) is 0 Å². The molecule has 2 aromatic rings. The summed E-state index contributed by atoms with van der Waals surface area (Å²) < 4.78 is 24.5. The van der Waals surface area contributed by atoms with Crippen LogP contribution in [0.25, 0.3) is 6.08 Å². The molecule has 1 aliphatic rings. The normalized spacial score (nSPS) is 18.2. The van der Waals surface area contributed by atoms with Gasteiger partial charge >= 0.3 is 277 Å². The fourth-order valence-corrected chi connectivity index (χ4v) is 20.1.